The Morgan fingerprint density at radius 2 is 2.31 bits per heavy atom. The van der Waals surface area contributed by atoms with Crippen LogP contribution in [0.4, 0.5) is 4.79 Å². The Morgan fingerprint density at radius 3 is 2.94 bits per heavy atom. The minimum absolute atomic E-state index is 0.0352. The predicted molar refractivity (Wildman–Crippen MR) is 61.2 cm³/mol. The molecule has 0 aromatic heterocycles. The van der Waals surface area contributed by atoms with E-state index in [1.165, 1.54) is 6.42 Å². The molecule has 0 aromatic rings. The minimum atomic E-state index is 0.0352. The number of aliphatic hydroxyl groups excluding tert-OH is 1. The summed E-state index contributed by atoms with van der Waals surface area (Å²) in [6.07, 6.45) is 1.85. The lowest BCUT2D eigenvalue weighted by Gasteiger charge is -2.18. The molecule has 2 atom stereocenters. The molecule has 0 aliphatic carbocycles. The van der Waals surface area contributed by atoms with Crippen molar-refractivity contribution in [2.24, 2.45) is 5.92 Å². The van der Waals surface area contributed by atoms with E-state index in [4.69, 9.17) is 5.11 Å². The number of amides is 2. The van der Waals surface area contributed by atoms with E-state index in [1.807, 2.05) is 4.90 Å². The van der Waals surface area contributed by atoms with Gasteiger partial charge in [-0.1, -0.05) is 0 Å². The molecule has 0 bridgehead atoms. The summed E-state index contributed by atoms with van der Waals surface area (Å²) in [6, 6.07) is 0.337. The fourth-order valence-electron chi connectivity index (χ4n) is 2.63. The third-order valence-corrected chi connectivity index (χ3v) is 3.60. The van der Waals surface area contributed by atoms with E-state index < -0.39 is 0 Å². The van der Waals surface area contributed by atoms with Crippen LogP contribution < -0.4 is 5.32 Å². The van der Waals surface area contributed by atoms with Crippen molar-refractivity contribution in [2.45, 2.75) is 18.9 Å². The first-order valence-electron chi connectivity index (χ1n) is 6.05. The van der Waals surface area contributed by atoms with Gasteiger partial charge in [-0.05, 0) is 32.4 Å². The maximum absolute atomic E-state index is 11.6. The van der Waals surface area contributed by atoms with Crippen LogP contribution in [0.25, 0.3) is 0 Å². The third kappa shape index (κ3) is 2.47. The summed E-state index contributed by atoms with van der Waals surface area (Å²) >= 11 is 0. The fourth-order valence-corrected chi connectivity index (χ4v) is 2.63. The number of likely N-dealkylation sites (tertiary alicyclic amines) is 1. The number of carbonyl (C=O) groups excluding carboxylic acids is 1. The highest BCUT2D eigenvalue weighted by Crippen LogP contribution is 2.22. The van der Waals surface area contributed by atoms with Crippen molar-refractivity contribution in [2.75, 3.05) is 39.8 Å². The molecule has 2 heterocycles. The molecule has 0 saturated carbocycles. The number of rotatable bonds is 4. The fraction of sp³-hybridized carbons (Fsp3) is 0.909. The maximum Gasteiger partial charge on any atom is 0.317 e. The average molecular weight is 227 g/mol. The number of carbonyl (C=O) groups is 1. The Balaban J connectivity index is 1.83. The van der Waals surface area contributed by atoms with Gasteiger partial charge in [0.25, 0.3) is 0 Å². The van der Waals surface area contributed by atoms with Gasteiger partial charge in [0, 0.05) is 26.2 Å². The minimum Gasteiger partial charge on any atom is -0.396 e. The lowest BCUT2D eigenvalue weighted by atomic mass is 10.00. The van der Waals surface area contributed by atoms with E-state index in [0.717, 1.165) is 19.6 Å². The van der Waals surface area contributed by atoms with Crippen LogP contribution in [-0.4, -0.2) is 66.8 Å². The maximum atomic E-state index is 11.6. The number of nitrogens with zero attached hydrogens (tertiary/aromatic N) is 2. The molecule has 16 heavy (non-hydrogen) atoms. The number of aliphatic hydroxyl groups is 1. The van der Waals surface area contributed by atoms with Gasteiger partial charge < -0.3 is 20.2 Å². The van der Waals surface area contributed by atoms with Crippen molar-refractivity contribution in [3.8, 4) is 0 Å². The Kier molecular flexibility index (Phi) is 3.66. The summed E-state index contributed by atoms with van der Waals surface area (Å²) < 4.78 is 0. The van der Waals surface area contributed by atoms with Crippen LogP contribution in [-0.2, 0) is 0 Å². The average Bonchev–Trinajstić information content (AvgIpc) is 2.82. The summed E-state index contributed by atoms with van der Waals surface area (Å²) in [5, 5.41) is 11.8. The van der Waals surface area contributed by atoms with Gasteiger partial charge in [0.2, 0.25) is 0 Å². The first-order chi connectivity index (χ1) is 7.70. The van der Waals surface area contributed by atoms with Crippen LogP contribution in [0.15, 0.2) is 0 Å². The quantitative estimate of drug-likeness (QED) is 0.694. The number of hydrogen-bond acceptors (Lipinski definition) is 3. The monoisotopic (exact) mass is 227 g/mol. The van der Waals surface area contributed by atoms with Crippen LogP contribution in [0, 0.1) is 5.92 Å². The number of nitrogens with one attached hydrogen (secondary N) is 1. The Bertz CT molecular complexity index is 260. The molecule has 0 aromatic carbocycles. The summed E-state index contributed by atoms with van der Waals surface area (Å²) in [4.78, 5) is 15.8. The first kappa shape index (κ1) is 11.7. The molecule has 2 saturated heterocycles. The van der Waals surface area contributed by atoms with Gasteiger partial charge in [0.15, 0.2) is 0 Å². The van der Waals surface area contributed by atoms with Crippen molar-refractivity contribution in [3.63, 3.8) is 0 Å². The summed E-state index contributed by atoms with van der Waals surface area (Å²) in [7, 11) is 2.13. The normalized spacial score (nSPS) is 31.1. The molecule has 92 valence electrons. The topological polar surface area (TPSA) is 55.8 Å². The van der Waals surface area contributed by atoms with Crippen LogP contribution in [0.5, 0.6) is 0 Å². The molecule has 0 spiro atoms. The number of hydrogen-bond donors (Lipinski definition) is 2. The van der Waals surface area contributed by atoms with Crippen molar-refractivity contribution in [1.29, 1.82) is 0 Å². The molecule has 2 unspecified atom stereocenters. The molecular formula is C11H21N3O2. The van der Waals surface area contributed by atoms with Gasteiger partial charge in [0.1, 0.15) is 0 Å². The molecule has 2 fully saturated rings. The molecule has 5 heteroatoms. The van der Waals surface area contributed by atoms with Gasteiger partial charge in [-0.2, -0.15) is 0 Å². The molecule has 2 rings (SSSR count). The second-order valence-corrected chi connectivity index (χ2v) is 4.89. The van der Waals surface area contributed by atoms with E-state index >= 15 is 0 Å². The van der Waals surface area contributed by atoms with E-state index in [1.54, 1.807) is 0 Å². The van der Waals surface area contributed by atoms with E-state index in [9.17, 15) is 4.79 Å². The van der Waals surface area contributed by atoms with Gasteiger partial charge >= 0.3 is 6.03 Å². The molecule has 2 aliphatic heterocycles. The molecule has 2 N–H and O–H groups in total. The van der Waals surface area contributed by atoms with Gasteiger partial charge in [0.05, 0.1) is 6.04 Å². The predicted octanol–water partition coefficient (Wildman–Crippen LogP) is -0.286. The van der Waals surface area contributed by atoms with Gasteiger partial charge in [-0.15, -0.1) is 0 Å². The second-order valence-electron chi connectivity index (χ2n) is 4.89. The highest BCUT2D eigenvalue weighted by Gasteiger charge is 2.36. The summed E-state index contributed by atoms with van der Waals surface area (Å²) in [5.41, 5.74) is 0. The summed E-state index contributed by atoms with van der Waals surface area (Å²) in [6.45, 7) is 3.84. The van der Waals surface area contributed by atoms with Crippen LogP contribution in [0.3, 0.4) is 0 Å². The molecule has 2 amide bonds. The Morgan fingerprint density at radius 1 is 1.50 bits per heavy atom. The van der Waals surface area contributed by atoms with E-state index in [-0.39, 0.29) is 12.6 Å². The highest BCUT2D eigenvalue weighted by molar-refractivity contribution is 5.76. The Hall–Kier alpha value is -0.810. The largest absolute Gasteiger partial charge is 0.396 e. The van der Waals surface area contributed by atoms with Crippen LogP contribution in [0.1, 0.15) is 12.8 Å². The zero-order valence-corrected chi connectivity index (χ0v) is 9.85. The summed E-state index contributed by atoms with van der Waals surface area (Å²) in [5.74, 6) is 0.591. The van der Waals surface area contributed by atoms with E-state index in [0.29, 0.717) is 24.9 Å². The zero-order chi connectivity index (χ0) is 11.5. The third-order valence-electron chi connectivity index (χ3n) is 3.60. The van der Waals surface area contributed by atoms with Gasteiger partial charge in [-0.3, -0.25) is 0 Å². The molecule has 5 nitrogen and oxygen atoms in total. The standard InChI is InChI=1S/C11H21N3O2/c1-13-5-3-9(7-13)10-8-14(4-2-6-15)11(16)12-10/h9-10,15H,2-8H2,1H3,(H,12,16). The lowest BCUT2D eigenvalue weighted by molar-refractivity contribution is 0.208. The van der Waals surface area contributed by atoms with E-state index in [2.05, 4.69) is 17.3 Å². The first-order valence-corrected chi connectivity index (χ1v) is 6.05. The second kappa shape index (κ2) is 5.01. The van der Waals surface area contributed by atoms with Crippen molar-refractivity contribution >= 4 is 6.03 Å². The van der Waals surface area contributed by atoms with Crippen molar-refractivity contribution in [3.05, 3.63) is 0 Å². The molecule has 2 aliphatic rings. The SMILES string of the molecule is CN1CCC(C2CN(CCCO)C(=O)N2)C1. The van der Waals surface area contributed by atoms with Crippen LogP contribution >= 0.6 is 0 Å². The smallest absolute Gasteiger partial charge is 0.317 e. The highest BCUT2D eigenvalue weighted by atomic mass is 16.3. The van der Waals surface area contributed by atoms with Crippen LogP contribution in [0.2, 0.25) is 0 Å². The number of urea groups is 1. The molecular weight excluding hydrogens is 206 g/mol. The lowest BCUT2D eigenvalue weighted by Crippen LogP contribution is -2.35. The molecule has 0 radical (unpaired) electrons. The van der Waals surface area contributed by atoms with Crippen molar-refractivity contribution in [1.82, 2.24) is 15.1 Å². The zero-order valence-electron chi connectivity index (χ0n) is 9.85. The van der Waals surface area contributed by atoms with Crippen molar-refractivity contribution < 1.29 is 9.90 Å². The van der Waals surface area contributed by atoms with Gasteiger partial charge in [-0.25, -0.2) is 4.79 Å². The Labute approximate surface area is 96.4 Å².